The summed E-state index contributed by atoms with van der Waals surface area (Å²) in [7, 11) is -4.05. The highest BCUT2D eigenvalue weighted by atomic mass is 35.5. The van der Waals surface area contributed by atoms with Crippen LogP contribution in [0.4, 0.5) is 5.69 Å². The normalized spacial score (nSPS) is 18.0. The molecule has 2 bridgehead atoms. The Labute approximate surface area is 247 Å². The summed E-state index contributed by atoms with van der Waals surface area (Å²) in [5.74, 6) is 0.681. The maximum Gasteiger partial charge on any atom is 0.261 e. The van der Waals surface area contributed by atoms with Crippen molar-refractivity contribution in [1.29, 1.82) is 0 Å². The molecule has 1 N–H and O–H groups in total. The highest BCUT2D eigenvalue weighted by Gasteiger charge is 2.37. The molecule has 210 valence electrons. The van der Waals surface area contributed by atoms with Gasteiger partial charge in [0.15, 0.2) is 0 Å². The van der Waals surface area contributed by atoms with Crippen molar-refractivity contribution < 1.29 is 17.9 Å². The Kier molecular flexibility index (Phi) is 7.27. The number of carbonyl (C=O) groups is 1. The molecule has 0 unspecified atom stereocenters. The molecule has 4 aromatic rings. The van der Waals surface area contributed by atoms with E-state index in [1.807, 2.05) is 6.07 Å². The van der Waals surface area contributed by atoms with Gasteiger partial charge in [0.1, 0.15) is 11.5 Å². The molecule has 6 rings (SSSR count). The highest BCUT2D eigenvalue weighted by molar-refractivity contribution is 7.92. The monoisotopic (exact) mass is 609 g/mol. The molecule has 1 amide bonds. The lowest BCUT2D eigenvalue weighted by Gasteiger charge is -2.42. The number of aromatic nitrogens is 1. The van der Waals surface area contributed by atoms with Crippen LogP contribution in [0.3, 0.4) is 0 Å². The van der Waals surface area contributed by atoms with Gasteiger partial charge in [-0.15, -0.1) is 0 Å². The minimum atomic E-state index is -4.05. The first-order valence-electron chi connectivity index (χ1n) is 13.0. The van der Waals surface area contributed by atoms with Crippen LogP contribution in [0.1, 0.15) is 28.4 Å². The third-order valence-corrected chi connectivity index (χ3v) is 9.35. The number of ether oxygens (including phenoxy) is 1. The molecule has 1 aromatic heterocycles. The van der Waals surface area contributed by atoms with Crippen molar-refractivity contribution in [3.05, 3.63) is 117 Å². The number of carbonyl (C=O) groups excluding carboxylic acids is 1. The van der Waals surface area contributed by atoms with Gasteiger partial charge in [-0.25, -0.2) is 8.42 Å². The van der Waals surface area contributed by atoms with Gasteiger partial charge in [-0.2, -0.15) is 0 Å². The van der Waals surface area contributed by atoms with E-state index >= 15 is 0 Å². The molecule has 2 aliphatic rings. The molecular weight excluding hydrogens is 585 g/mol. The first kappa shape index (κ1) is 27.4. The number of nitrogens with one attached hydrogen (secondary N) is 1. The van der Waals surface area contributed by atoms with E-state index in [-0.39, 0.29) is 39.4 Å². The summed E-state index contributed by atoms with van der Waals surface area (Å²) in [6.07, 6.45) is 0.887. The lowest BCUT2D eigenvalue weighted by molar-refractivity contribution is 0.0595. The van der Waals surface area contributed by atoms with E-state index in [9.17, 15) is 18.0 Å². The molecule has 0 saturated carbocycles. The van der Waals surface area contributed by atoms with Gasteiger partial charge in [-0.1, -0.05) is 41.4 Å². The van der Waals surface area contributed by atoms with Crippen molar-refractivity contribution in [1.82, 2.24) is 9.47 Å². The van der Waals surface area contributed by atoms with Crippen molar-refractivity contribution in [2.45, 2.75) is 23.8 Å². The zero-order valence-corrected chi connectivity index (χ0v) is 24.0. The smallest absolute Gasteiger partial charge is 0.261 e. The number of hydrogen-bond donors (Lipinski definition) is 1. The molecule has 3 heterocycles. The van der Waals surface area contributed by atoms with Crippen LogP contribution < -0.4 is 15.0 Å². The molecule has 41 heavy (non-hydrogen) atoms. The summed E-state index contributed by atoms with van der Waals surface area (Å²) in [5.41, 5.74) is 1.17. The van der Waals surface area contributed by atoms with E-state index in [1.165, 1.54) is 42.5 Å². The van der Waals surface area contributed by atoms with E-state index in [4.69, 9.17) is 27.9 Å². The van der Waals surface area contributed by atoms with Crippen LogP contribution in [0, 0.1) is 5.92 Å². The molecule has 1 saturated heterocycles. The van der Waals surface area contributed by atoms with Crippen LogP contribution in [0.2, 0.25) is 10.0 Å². The Balaban J connectivity index is 1.23. The quantitative estimate of drug-likeness (QED) is 0.289. The summed E-state index contributed by atoms with van der Waals surface area (Å²) in [6, 6.07) is 22.6. The van der Waals surface area contributed by atoms with Gasteiger partial charge >= 0.3 is 0 Å². The maximum atomic E-state index is 13.8. The highest BCUT2D eigenvalue weighted by Crippen LogP contribution is 2.36. The Hall–Kier alpha value is -3.79. The zero-order valence-electron chi connectivity index (χ0n) is 21.7. The van der Waals surface area contributed by atoms with Gasteiger partial charge in [-0.05, 0) is 73.0 Å². The average Bonchev–Trinajstić information content (AvgIpc) is 2.95. The number of anilines is 1. The van der Waals surface area contributed by atoms with Crippen LogP contribution in [-0.2, 0) is 16.6 Å². The van der Waals surface area contributed by atoms with E-state index in [1.54, 1.807) is 45.9 Å². The third-order valence-electron chi connectivity index (χ3n) is 7.42. The van der Waals surface area contributed by atoms with Crippen LogP contribution in [0.15, 0.2) is 94.6 Å². The van der Waals surface area contributed by atoms with E-state index in [0.717, 1.165) is 12.1 Å². The summed E-state index contributed by atoms with van der Waals surface area (Å²) in [5, 5.41) is 0.743. The molecule has 0 aliphatic carbocycles. The number of para-hydroxylation sites is 1. The van der Waals surface area contributed by atoms with Crippen molar-refractivity contribution in [2.24, 2.45) is 5.92 Å². The van der Waals surface area contributed by atoms with Gasteiger partial charge < -0.3 is 14.2 Å². The number of rotatable bonds is 6. The molecule has 0 radical (unpaired) electrons. The average molecular weight is 611 g/mol. The second kappa shape index (κ2) is 10.9. The number of fused-ring (bicyclic) bond motifs is 4. The van der Waals surface area contributed by atoms with E-state index in [2.05, 4.69) is 4.72 Å². The SMILES string of the molecule is O=C(c1cc(Cl)ccc1NS(=O)(=O)c1ccc(Oc2ccccc2Cl)cc1)N1C[C@@H]2C[C@H](C1)c1cccc(=O)n1C2. The second-order valence-electron chi connectivity index (χ2n) is 10.2. The van der Waals surface area contributed by atoms with Crippen molar-refractivity contribution >= 4 is 44.8 Å². The minimum absolute atomic E-state index is 0.00749. The van der Waals surface area contributed by atoms with Gasteiger partial charge in [0.05, 0.1) is 21.2 Å². The fraction of sp³-hybridized carbons (Fsp3) is 0.200. The Bertz CT molecular complexity index is 1810. The summed E-state index contributed by atoms with van der Waals surface area (Å²) < 4.78 is 36.8. The van der Waals surface area contributed by atoms with Crippen LogP contribution in [0.5, 0.6) is 11.5 Å². The zero-order chi connectivity index (χ0) is 28.7. The molecular formula is C30H25Cl2N3O5S. The maximum absolute atomic E-state index is 13.8. The first-order valence-corrected chi connectivity index (χ1v) is 15.3. The minimum Gasteiger partial charge on any atom is -0.456 e. The van der Waals surface area contributed by atoms with Crippen molar-refractivity contribution in [3.63, 3.8) is 0 Å². The molecule has 2 atom stereocenters. The molecule has 2 aliphatic heterocycles. The van der Waals surface area contributed by atoms with Crippen LogP contribution >= 0.6 is 23.2 Å². The number of sulfonamides is 1. The number of benzene rings is 3. The summed E-state index contributed by atoms with van der Waals surface area (Å²) >= 11 is 12.4. The Morgan fingerprint density at radius 3 is 2.46 bits per heavy atom. The van der Waals surface area contributed by atoms with Gasteiger partial charge in [-0.3, -0.25) is 14.3 Å². The molecule has 11 heteroatoms. The molecule has 0 spiro atoms. The van der Waals surface area contributed by atoms with Crippen LogP contribution in [-0.4, -0.2) is 36.9 Å². The van der Waals surface area contributed by atoms with Crippen LogP contribution in [0.25, 0.3) is 0 Å². The number of nitrogens with zero attached hydrogens (tertiary/aromatic N) is 2. The lowest BCUT2D eigenvalue weighted by Crippen LogP contribution is -2.49. The predicted octanol–water partition coefficient (Wildman–Crippen LogP) is 6.01. The number of halogens is 2. The standard InChI is InChI=1S/C30H25Cl2N3O5S/c31-21-8-13-26(33-41(38,39)23-11-9-22(10-12-23)40-28-6-2-1-4-25(28)32)24(15-21)30(37)34-16-19-14-20(18-34)27-5-3-7-29(36)35(27)17-19/h1-13,15,19-20,33H,14,16-18H2/t19-,20+/m0/s1. The van der Waals surface area contributed by atoms with Crippen molar-refractivity contribution in [2.75, 3.05) is 17.8 Å². The second-order valence-corrected chi connectivity index (χ2v) is 12.7. The number of hydrogen-bond acceptors (Lipinski definition) is 5. The molecule has 8 nitrogen and oxygen atoms in total. The third kappa shape index (κ3) is 5.57. The first-order chi connectivity index (χ1) is 19.7. The Morgan fingerprint density at radius 1 is 0.902 bits per heavy atom. The van der Waals surface area contributed by atoms with E-state index in [0.29, 0.717) is 41.2 Å². The lowest BCUT2D eigenvalue weighted by atomic mass is 9.83. The van der Waals surface area contributed by atoms with Gasteiger partial charge in [0, 0.05) is 42.3 Å². The molecule has 3 aromatic carbocycles. The summed E-state index contributed by atoms with van der Waals surface area (Å²) in [6.45, 7) is 1.42. The number of amides is 1. The molecule has 1 fully saturated rings. The number of pyridine rings is 1. The Morgan fingerprint density at radius 2 is 1.68 bits per heavy atom. The van der Waals surface area contributed by atoms with Gasteiger partial charge in [0.2, 0.25) is 0 Å². The number of likely N-dealkylation sites (tertiary alicyclic amines) is 1. The van der Waals surface area contributed by atoms with E-state index < -0.39 is 10.0 Å². The largest absolute Gasteiger partial charge is 0.456 e. The summed E-state index contributed by atoms with van der Waals surface area (Å²) in [4.78, 5) is 27.9. The van der Waals surface area contributed by atoms with Crippen molar-refractivity contribution in [3.8, 4) is 11.5 Å². The fourth-order valence-corrected chi connectivity index (χ4v) is 6.99. The topological polar surface area (TPSA) is 97.7 Å². The van der Waals surface area contributed by atoms with Gasteiger partial charge in [0.25, 0.3) is 21.5 Å². The number of piperidine rings is 1. The predicted molar refractivity (Wildman–Crippen MR) is 158 cm³/mol. The fourth-order valence-electron chi connectivity index (χ4n) is 5.56.